The first kappa shape index (κ1) is 12.6. The summed E-state index contributed by atoms with van der Waals surface area (Å²) < 4.78 is 39.7. The zero-order chi connectivity index (χ0) is 13.2. The molecule has 1 aromatic heterocycles. The number of benzene rings is 1. The Bertz CT molecular complexity index is 532. The van der Waals surface area contributed by atoms with E-state index in [2.05, 4.69) is 4.98 Å². The van der Waals surface area contributed by atoms with Crippen LogP contribution in [0, 0.1) is 5.82 Å². The van der Waals surface area contributed by atoms with Gasteiger partial charge in [0.1, 0.15) is 5.82 Å². The van der Waals surface area contributed by atoms with Crippen LogP contribution >= 0.6 is 0 Å². The standard InChI is InChI=1S/C14H12F3N/c1-14(16,17)12-8-10(4-5-13(12)15)7-11-3-2-6-18-9-11/h2-6,8-9H,7H2,1H3. The second kappa shape index (κ2) is 4.80. The highest BCUT2D eigenvalue weighted by Gasteiger charge is 2.28. The Morgan fingerprint density at radius 1 is 1.17 bits per heavy atom. The summed E-state index contributed by atoms with van der Waals surface area (Å²) in [6.45, 7) is 0.694. The summed E-state index contributed by atoms with van der Waals surface area (Å²) in [7, 11) is 0. The lowest BCUT2D eigenvalue weighted by Crippen LogP contribution is -2.10. The highest BCUT2D eigenvalue weighted by atomic mass is 19.3. The molecule has 0 N–H and O–H groups in total. The molecule has 4 heteroatoms. The summed E-state index contributed by atoms with van der Waals surface area (Å²) in [5.74, 6) is -4.05. The van der Waals surface area contributed by atoms with Crippen LogP contribution in [0.25, 0.3) is 0 Å². The molecular formula is C14H12F3N. The molecule has 0 aliphatic heterocycles. The summed E-state index contributed by atoms with van der Waals surface area (Å²) in [5.41, 5.74) is 0.972. The maximum Gasteiger partial charge on any atom is 0.273 e. The van der Waals surface area contributed by atoms with Gasteiger partial charge in [-0.25, -0.2) is 13.2 Å². The number of hydrogen-bond acceptors (Lipinski definition) is 1. The molecule has 1 heterocycles. The van der Waals surface area contributed by atoms with Crippen LogP contribution < -0.4 is 0 Å². The van der Waals surface area contributed by atoms with Crippen LogP contribution in [0.4, 0.5) is 13.2 Å². The largest absolute Gasteiger partial charge is 0.273 e. The van der Waals surface area contributed by atoms with E-state index in [4.69, 9.17) is 0 Å². The fourth-order valence-electron chi connectivity index (χ4n) is 1.76. The number of aromatic nitrogens is 1. The number of alkyl halides is 2. The van der Waals surface area contributed by atoms with Crippen molar-refractivity contribution in [2.75, 3.05) is 0 Å². The van der Waals surface area contributed by atoms with Gasteiger partial charge in [0.25, 0.3) is 5.92 Å². The van der Waals surface area contributed by atoms with Crippen molar-refractivity contribution < 1.29 is 13.2 Å². The normalized spacial score (nSPS) is 11.6. The van der Waals surface area contributed by atoms with Crippen LogP contribution in [0.2, 0.25) is 0 Å². The lowest BCUT2D eigenvalue weighted by Gasteiger charge is -2.13. The number of nitrogens with zero attached hydrogens (tertiary/aromatic N) is 1. The topological polar surface area (TPSA) is 12.9 Å². The number of rotatable bonds is 3. The van der Waals surface area contributed by atoms with Gasteiger partial charge in [-0.1, -0.05) is 12.1 Å². The molecule has 1 aromatic carbocycles. The Kier molecular flexibility index (Phi) is 3.36. The van der Waals surface area contributed by atoms with E-state index in [0.29, 0.717) is 18.9 Å². The summed E-state index contributed by atoms with van der Waals surface area (Å²) in [6.07, 6.45) is 3.75. The predicted molar refractivity (Wildman–Crippen MR) is 63.0 cm³/mol. The highest BCUT2D eigenvalue weighted by Crippen LogP contribution is 2.30. The highest BCUT2D eigenvalue weighted by molar-refractivity contribution is 5.31. The molecule has 0 bridgehead atoms. The van der Waals surface area contributed by atoms with Gasteiger partial charge in [0.2, 0.25) is 0 Å². The molecule has 2 rings (SSSR count). The van der Waals surface area contributed by atoms with Gasteiger partial charge in [-0.15, -0.1) is 0 Å². The maximum atomic E-state index is 13.3. The quantitative estimate of drug-likeness (QED) is 0.805. The van der Waals surface area contributed by atoms with E-state index in [0.717, 1.165) is 11.6 Å². The second-order valence-corrected chi connectivity index (χ2v) is 4.24. The van der Waals surface area contributed by atoms with Crippen LogP contribution in [-0.4, -0.2) is 4.98 Å². The summed E-state index contributed by atoms with van der Waals surface area (Å²) in [6, 6.07) is 7.42. The minimum absolute atomic E-state index is 0.456. The fourth-order valence-corrected chi connectivity index (χ4v) is 1.76. The van der Waals surface area contributed by atoms with Gasteiger partial charge in [0, 0.05) is 19.3 Å². The van der Waals surface area contributed by atoms with Crippen LogP contribution in [0.1, 0.15) is 23.6 Å². The lowest BCUT2D eigenvalue weighted by molar-refractivity contribution is 0.0137. The average Bonchev–Trinajstić information content (AvgIpc) is 2.31. The third-order valence-corrected chi connectivity index (χ3v) is 2.63. The first-order valence-corrected chi connectivity index (χ1v) is 5.52. The third-order valence-electron chi connectivity index (χ3n) is 2.63. The van der Waals surface area contributed by atoms with Crippen LogP contribution in [-0.2, 0) is 12.3 Å². The number of halogens is 3. The Labute approximate surface area is 103 Å². The number of hydrogen-bond donors (Lipinski definition) is 0. The van der Waals surface area contributed by atoms with Gasteiger partial charge < -0.3 is 0 Å². The Balaban J connectivity index is 2.31. The zero-order valence-corrected chi connectivity index (χ0v) is 9.83. The number of pyridine rings is 1. The molecule has 0 atom stereocenters. The molecule has 1 nitrogen and oxygen atoms in total. The van der Waals surface area contributed by atoms with E-state index < -0.39 is 17.3 Å². The SMILES string of the molecule is CC(F)(F)c1cc(Cc2cccnc2)ccc1F. The molecule has 0 radical (unpaired) electrons. The zero-order valence-electron chi connectivity index (χ0n) is 9.83. The summed E-state index contributed by atoms with van der Waals surface area (Å²) in [4.78, 5) is 3.95. The molecule has 0 unspecified atom stereocenters. The Morgan fingerprint density at radius 3 is 2.56 bits per heavy atom. The van der Waals surface area contributed by atoms with Gasteiger partial charge in [0.15, 0.2) is 0 Å². The third kappa shape index (κ3) is 2.88. The minimum atomic E-state index is -3.17. The van der Waals surface area contributed by atoms with E-state index in [-0.39, 0.29) is 0 Å². The minimum Gasteiger partial charge on any atom is -0.264 e. The van der Waals surface area contributed by atoms with E-state index in [1.165, 1.54) is 12.1 Å². The summed E-state index contributed by atoms with van der Waals surface area (Å²) >= 11 is 0. The van der Waals surface area contributed by atoms with Crippen LogP contribution in [0.5, 0.6) is 0 Å². The van der Waals surface area contributed by atoms with Crippen LogP contribution in [0.3, 0.4) is 0 Å². The maximum absolute atomic E-state index is 13.3. The molecule has 0 saturated heterocycles. The average molecular weight is 251 g/mol. The Hall–Kier alpha value is -1.84. The molecule has 0 aliphatic carbocycles. The Morgan fingerprint density at radius 2 is 1.94 bits per heavy atom. The molecule has 0 aliphatic rings. The van der Waals surface area contributed by atoms with Crippen molar-refractivity contribution in [2.24, 2.45) is 0 Å². The first-order valence-electron chi connectivity index (χ1n) is 5.52. The van der Waals surface area contributed by atoms with Crippen LogP contribution in [0.15, 0.2) is 42.7 Å². The molecule has 94 valence electrons. The molecule has 0 amide bonds. The molecule has 0 spiro atoms. The summed E-state index contributed by atoms with van der Waals surface area (Å²) in [5, 5.41) is 0. The van der Waals surface area contributed by atoms with E-state index in [1.54, 1.807) is 18.5 Å². The first-order chi connectivity index (χ1) is 8.47. The van der Waals surface area contributed by atoms with Crippen molar-refractivity contribution in [1.82, 2.24) is 4.98 Å². The van der Waals surface area contributed by atoms with E-state index >= 15 is 0 Å². The molecular weight excluding hydrogens is 239 g/mol. The van der Waals surface area contributed by atoms with E-state index in [1.807, 2.05) is 6.07 Å². The van der Waals surface area contributed by atoms with Gasteiger partial charge in [-0.05, 0) is 35.7 Å². The van der Waals surface area contributed by atoms with Gasteiger partial charge >= 0.3 is 0 Å². The smallest absolute Gasteiger partial charge is 0.264 e. The van der Waals surface area contributed by atoms with Crippen molar-refractivity contribution in [3.8, 4) is 0 Å². The van der Waals surface area contributed by atoms with Crippen molar-refractivity contribution in [3.05, 3.63) is 65.2 Å². The molecule has 18 heavy (non-hydrogen) atoms. The molecule has 0 fully saturated rings. The second-order valence-electron chi connectivity index (χ2n) is 4.24. The van der Waals surface area contributed by atoms with E-state index in [9.17, 15) is 13.2 Å². The van der Waals surface area contributed by atoms with Gasteiger partial charge in [-0.3, -0.25) is 4.98 Å². The van der Waals surface area contributed by atoms with Crippen molar-refractivity contribution in [3.63, 3.8) is 0 Å². The molecule has 0 saturated carbocycles. The molecule has 2 aromatic rings. The van der Waals surface area contributed by atoms with Crippen molar-refractivity contribution >= 4 is 0 Å². The monoisotopic (exact) mass is 251 g/mol. The lowest BCUT2D eigenvalue weighted by atomic mass is 10.0. The predicted octanol–water partition coefficient (Wildman–Crippen LogP) is 3.92. The van der Waals surface area contributed by atoms with Gasteiger partial charge in [0.05, 0.1) is 5.56 Å². The fraction of sp³-hybridized carbons (Fsp3) is 0.214. The van der Waals surface area contributed by atoms with Crippen molar-refractivity contribution in [2.45, 2.75) is 19.3 Å². The van der Waals surface area contributed by atoms with Gasteiger partial charge in [-0.2, -0.15) is 0 Å². The van der Waals surface area contributed by atoms with Crippen molar-refractivity contribution in [1.29, 1.82) is 0 Å².